The van der Waals surface area contributed by atoms with Gasteiger partial charge in [0.25, 0.3) is 0 Å². The molecule has 1 aliphatic rings. The number of carbonyl (C=O) groups is 2. The first kappa shape index (κ1) is 23.1. The van der Waals surface area contributed by atoms with Crippen LogP contribution in [-0.2, 0) is 14.8 Å². The summed E-state index contributed by atoms with van der Waals surface area (Å²) >= 11 is 0. The third-order valence-corrected chi connectivity index (χ3v) is 6.63. The molecule has 0 radical (unpaired) electrons. The molecule has 0 aromatic heterocycles. The molecule has 3 amide bonds. The smallest absolute Gasteiger partial charge is 0.321 e. The van der Waals surface area contributed by atoms with Crippen LogP contribution in [-0.4, -0.2) is 74.9 Å². The van der Waals surface area contributed by atoms with Crippen LogP contribution in [0.4, 0.5) is 4.79 Å². The molecule has 0 spiro atoms. The lowest BCUT2D eigenvalue weighted by Gasteiger charge is -2.33. The third-order valence-electron chi connectivity index (χ3n) is 4.71. The Hall–Kier alpha value is -2.17. The van der Waals surface area contributed by atoms with E-state index < -0.39 is 22.0 Å². The predicted octanol–water partition coefficient (Wildman–Crippen LogP) is 1.02. The van der Waals surface area contributed by atoms with Gasteiger partial charge in [0.1, 0.15) is 5.75 Å². The molecule has 1 aromatic carbocycles. The molecule has 2 rings (SSSR count). The van der Waals surface area contributed by atoms with Crippen molar-refractivity contribution in [2.24, 2.45) is 0 Å². The number of amides is 3. The molecule has 1 aromatic rings. The number of hydrogen-bond acceptors (Lipinski definition) is 6. The Bertz CT molecular complexity index is 789. The Morgan fingerprint density at radius 2 is 1.72 bits per heavy atom. The van der Waals surface area contributed by atoms with E-state index in [1.807, 2.05) is 25.7 Å². The topological polar surface area (TPSA) is 108 Å². The van der Waals surface area contributed by atoms with Gasteiger partial charge in [-0.2, -0.15) is 4.31 Å². The van der Waals surface area contributed by atoms with E-state index in [0.29, 0.717) is 25.4 Å². The normalized spacial score (nSPS) is 16.8. The number of benzene rings is 1. The highest BCUT2D eigenvalue weighted by Gasteiger charge is 2.29. The molecule has 1 fully saturated rings. The van der Waals surface area contributed by atoms with Crippen LogP contribution in [0.2, 0.25) is 0 Å². The van der Waals surface area contributed by atoms with Gasteiger partial charge in [-0.25, -0.2) is 13.2 Å². The van der Waals surface area contributed by atoms with Gasteiger partial charge in [-0.15, -0.1) is 0 Å². The van der Waals surface area contributed by atoms with Gasteiger partial charge in [0, 0.05) is 32.2 Å². The molecule has 0 unspecified atom stereocenters. The molecule has 0 bridgehead atoms. The van der Waals surface area contributed by atoms with Crippen LogP contribution >= 0.6 is 0 Å². The summed E-state index contributed by atoms with van der Waals surface area (Å²) in [6, 6.07) is 5.83. The molecule has 29 heavy (non-hydrogen) atoms. The molecule has 0 saturated carbocycles. The van der Waals surface area contributed by atoms with E-state index in [-0.39, 0.29) is 30.6 Å². The standard InChI is InChI=1S/C19H30N4O5S/c1-4-15(3)20-19(25)21-18(24)14-22-10-12-23(13-11-22)29(26,27)17-8-6-16(7-9-17)28-5-2/h6-9,15H,4-5,10-14H2,1-3H3,(H2,20,21,24,25)/t15-/m0/s1. The molecule has 9 nitrogen and oxygen atoms in total. The molecule has 162 valence electrons. The highest BCUT2D eigenvalue weighted by Crippen LogP contribution is 2.20. The average Bonchev–Trinajstić information content (AvgIpc) is 2.68. The van der Waals surface area contributed by atoms with Crippen molar-refractivity contribution >= 4 is 22.0 Å². The maximum Gasteiger partial charge on any atom is 0.321 e. The van der Waals surface area contributed by atoms with Crippen LogP contribution in [0.15, 0.2) is 29.2 Å². The first-order valence-electron chi connectivity index (χ1n) is 9.82. The van der Waals surface area contributed by atoms with Gasteiger partial charge >= 0.3 is 6.03 Å². The fraction of sp³-hybridized carbons (Fsp3) is 0.579. The third kappa shape index (κ3) is 6.69. The average molecular weight is 427 g/mol. The van der Waals surface area contributed by atoms with Gasteiger partial charge in [0.15, 0.2) is 0 Å². The van der Waals surface area contributed by atoms with Crippen LogP contribution in [0.25, 0.3) is 0 Å². The molecule has 1 saturated heterocycles. The summed E-state index contributed by atoms with van der Waals surface area (Å²) in [4.78, 5) is 25.8. The molecule has 0 aliphatic carbocycles. The Labute approximate surface area is 172 Å². The number of rotatable bonds is 8. The van der Waals surface area contributed by atoms with Crippen molar-refractivity contribution in [2.45, 2.75) is 38.1 Å². The minimum atomic E-state index is -3.59. The number of nitrogens with one attached hydrogen (secondary N) is 2. The lowest BCUT2D eigenvalue weighted by Crippen LogP contribution is -2.52. The second-order valence-corrected chi connectivity index (χ2v) is 8.85. The lowest BCUT2D eigenvalue weighted by molar-refractivity contribution is -0.121. The zero-order valence-electron chi connectivity index (χ0n) is 17.2. The first-order chi connectivity index (χ1) is 13.8. The first-order valence-corrected chi connectivity index (χ1v) is 11.3. The fourth-order valence-electron chi connectivity index (χ4n) is 2.88. The maximum absolute atomic E-state index is 12.8. The highest BCUT2D eigenvalue weighted by molar-refractivity contribution is 7.89. The van der Waals surface area contributed by atoms with Gasteiger partial charge in [-0.05, 0) is 44.5 Å². The van der Waals surface area contributed by atoms with E-state index in [1.54, 1.807) is 12.1 Å². The Kier molecular flexibility index (Phi) is 8.42. The van der Waals surface area contributed by atoms with E-state index in [9.17, 15) is 18.0 Å². The van der Waals surface area contributed by atoms with E-state index in [4.69, 9.17) is 4.74 Å². The number of hydrogen-bond donors (Lipinski definition) is 2. The van der Waals surface area contributed by atoms with Gasteiger partial charge < -0.3 is 10.1 Å². The largest absolute Gasteiger partial charge is 0.494 e. The lowest BCUT2D eigenvalue weighted by atomic mass is 10.3. The monoisotopic (exact) mass is 426 g/mol. The van der Waals surface area contributed by atoms with Gasteiger partial charge in [-0.1, -0.05) is 6.92 Å². The molecule has 1 heterocycles. The second-order valence-electron chi connectivity index (χ2n) is 6.92. The molecular weight excluding hydrogens is 396 g/mol. The maximum atomic E-state index is 12.8. The number of carbonyl (C=O) groups excluding carboxylic acids is 2. The number of ether oxygens (including phenoxy) is 1. The van der Waals surface area contributed by atoms with Gasteiger partial charge in [-0.3, -0.25) is 15.0 Å². The molecule has 1 aliphatic heterocycles. The zero-order chi connectivity index (χ0) is 21.4. The summed E-state index contributed by atoms with van der Waals surface area (Å²) in [7, 11) is -3.59. The van der Waals surface area contributed by atoms with Gasteiger partial charge in [0.05, 0.1) is 18.0 Å². The molecule has 2 N–H and O–H groups in total. The Balaban J connectivity index is 1.84. The van der Waals surface area contributed by atoms with Crippen LogP contribution in [0, 0.1) is 0 Å². The summed E-state index contributed by atoms with van der Waals surface area (Å²) in [6.07, 6.45) is 0.770. The summed E-state index contributed by atoms with van der Waals surface area (Å²) in [5.41, 5.74) is 0. The van der Waals surface area contributed by atoms with Crippen molar-refractivity contribution in [3.05, 3.63) is 24.3 Å². The van der Waals surface area contributed by atoms with Crippen molar-refractivity contribution in [1.82, 2.24) is 19.8 Å². The summed E-state index contributed by atoms with van der Waals surface area (Å²) in [5.74, 6) is 0.216. The molecular formula is C19H30N4O5S. The van der Waals surface area contributed by atoms with Crippen molar-refractivity contribution < 1.29 is 22.7 Å². The minimum Gasteiger partial charge on any atom is -0.494 e. The van der Waals surface area contributed by atoms with Crippen molar-refractivity contribution in [1.29, 1.82) is 0 Å². The van der Waals surface area contributed by atoms with Crippen LogP contribution < -0.4 is 15.4 Å². The van der Waals surface area contributed by atoms with Crippen molar-refractivity contribution in [3.63, 3.8) is 0 Å². The van der Waals surface area contributed by atoms with E-state index in [1.165, 1.54) is 16.4 Å². The zero-order valence-corrected chi connectivity index (χ0v) is 18.0. The van der Waals surface area contributed by atoms with E-state index >= 15 is 0 Å². The summed E-state index contributed by atoms with van der Waals surface area (Å²) in [5, 5.41) is 4.97. The van der Waals surface area contributed by atoms with Crippen molar-refractivity contribution in [3.8, 4) is 5.75 Å². The van der Waals surface area contributed by atoms with Crippen LogP contribution in [0.5, 0.6) is 5.75 Å². The summed E-state index contributed by atoms with van der Waals surface area (Å²) in [6.45, 7) is 7.60. The Morgan fingerprint density at radius 3 is 2.28 bits per heavy atom. The molecule has 1 atom stereocenters. The second kappa shape index (κ2) is 10.6. The number of piperazine rings is 1. The Morgan fingerprint density at radius 1 is 1.10 bits per heavy atom. The van der Waals surface area contributed by atoms with Crippen LogP contribution in [0.3, 0.4) is 0 Å². The quantitative estimate of drug-likeness (QED) is 0.643. The number of sulfonamides is 1. The molecule has 10 heteroatoms. The fourth-order valence-corrected chi connectivity index (χ4v) is 4.30. The summed E-state index contributed by atoms with van der Waals surface area (Å²) < 4.78 is 32.3. The van der Waals surface area contributed by atoms with Crippen molar-refractivity contribution in [2.75, 3.05) is 39.3 Å². The number of imide groups is 1. The van der Waals surface area contributed by atoms with Crippen LogP contribution in [0.1, 0.15) is 27.2 Å². The SMILES string of the molecule is CCOc1ccc(S(=O)(=O)N2CCN(CC(=O)NC(=O)N[C@@H](C)CC)CC2)cc1. The van der Waals surface area contributed by atoms with E-state index in [0.717, 1.165) is 6.42 Å². The highest BCUT2D eigenvalue weighted by atomic mass is 32.2. The minimum absolute atomic E-state index is 0.0147. The predicted molar refractivity (Wildman–Crippen MR) is 109 cm³/mol. The van der Waals surface area contributed by atoms with E-state index in [2.05, 4.69) is 10.6 Å². The number of nitrogens with zero attached hydrogens (tertiary/aromatic N) is 2. The number of urea groups is 1. The van der Waals surface area contributed by atoms with Gasteiger partial charge in [0.2, 0.25) is 15.9 Å².